The van der Waals surface area contributed by atoms with Gasteiger partial charge >= 0.3 is 0 Å². The molecule has 0 bridgehead atoms. The number of methoxy groups -OCH3 is 2. The minimum Gasteiger partial charge on any atom is -0.493 e. The molecule has 81 valence electrons. The Labute approximate surface area is 89.2 Å². The summed E-state index contributed by atoms with van der Waals surface area (Å²) in [7, 11) is 3.15. The van der Waals surface area contributed by atoms with Crippen LogP contribution in [0.15, 0.2) is 18.2 Å². The minimum atomic E-state index is -0.301. The Morgan fingerprint density at radius 1 is 1.33 bits per heavy atom. The fraction of sp³-hybridized carbons (Fsp3) is 0.273. The van der Waals surface area contributed by atoms with Crippen molar-refractivity contribution in [2.45, 2.75) is 6.54 Å². The maximum atomic E-state index is 10.6. The van der Waals surface area contributed by atoms with E-state index in [1.807, 2.05) is 12.1 Å². The van der Waals surface area contributed by atoms with Gasteiger partial charge in [-0.2, -0.15) is 0 Å². The van der Waals surface area contributed by atoms with Crippen LogP contribution in [0.1, 0.15) is 5.56 Å². The predicted molar refractivity (Wildman–Crippen MR) is 56.7 cm³/mol. The Balaban J connectivity index is 2.78. The Hall–Kier alpha value is -1.71. The van der Waals surface area contributed by atoms with Gasteiger partial charge in [0.1, 0.15) is 0 Å². The highest BCUT2D eigenvalue weighted by atomic mass is 16.5. The van der Waals surface area contributed by atoms with Gasteiger partial charge in [-0.15, -0.1) is 0 Å². The van der Waals surface area contributed by atoms with E-state index in [2.05, 4.69) is 12.2 Å². The molecule has 1 amide bonds. The molecule has 1 aromatic rings. The summed E-state index contributed by atoms with van der Waals surface area (Å²) in [4.78, 5) is 10.6. The number of hydrogen-bond acceptors (Lipinski definition) is 3. The van der Waals surface area contributed by atoms with Gasteiger partial charge in [-0.05, 0) is 17.7 Å². The normalized spacial score (nSPS) is 9.53. The van der Waals surface area contributed by atoms with Crippen molar-refractivity contribution in [1.82, 2.24) is 5.32 Å². The van der Waals surface area contributed by atoms with Gasteiger partial charge in [0.15, 0.2) is 11.5 Å². The van der Waals surface area contributed by atoms with Crippen LogP contribution in [0.4, 0.5) is 0 Å². The lowest BCUT2D eigenvalue weighted by Gasteiger charge is -2.09. The molecule has 4 nitrogen and oxygen atoms in total. The molecule has 0 atom stereocenters. The van der Waals surface area contributed by atoms with Crippen molar-refractivity contribution < 1.29 is 14.3 Å². The van der Waals surface area contributed by atoms with Crippen LogP contribution in [0, 0.1) is 6.92 Å². The molecule has 0 unspecified atom stereocenters. The Kier molecular flexibility index (Phi) is 3.97. The molecule has 0 saturated heterocycles. The topological polar surface area (TPSA) is 47.6 Å². The highest BCUT2D eigenvalue weighted by molar-refractivity contribution is 5.79. The third kappa shape index (κ3) is 3.16. The van der Waals surface area contributed by atoms with Crippen LogP contribution >= 0.6 is 0 Å². The molecule has 0 heterocycles. The second kappa shape index (κ2) is 5.24. The van der Waals surface area contributed by atoms with Crippen LogP contribution in [0.2, 0.25) is 0 Å². The lowest BCUT2D eigenvalue weighted by molar-refractivity contribution is -0.116. The number of amides is 1. The van der Waals surface area contributed by atoms with E-state index in [-0.39, 0.29) is 5.91 Å². The molecule has 0 spiro atoms. The Morgan fingerprint density at radius 2 is 2.00 bits per heavy atom. The summed E-state index contributed by atoms with van der Waals surface area (Å²) in [5.74, 6) is 1.01. The zero-order valence-electron chi connectivity index (χ0n) is 8.87. The fourth-order valence-corrected chi connectivity index (χ4v) is 1.19. The van der Waals surface area contributed by atoms with Crippen molar-refractivity contribution in [3.63, 3.8) is 0 Å². The van der Waals surface area contributed by atoms with Crippen LogP contribution in [0.5, 0.6) is 11.5 Å². The first-order chi connectivity index (χ1) is 7.17. The summed E-state index contributed by atoms with van der Waals surface area (Å²) in [6.45, 7) is 3.66. The standard InChI is InChI=1S/C11H14NO3/c1-8(13)12-7-9-4-5-10(14-2)11(6-9)15-3/h4-6H,1,7H2,2-3H3,(H,12,13). The molecule has 1 aromatic carbocycles. The van der Waals surface area contributed by atoms with Gasteiger partial charge in [-0.25, -0.2) is 0 Å². The molecule has 1 rings (SSSR count). The van der Waals surface area contributed by atoms with Crippen molar-refractivity contribution in [1.29, 1.82) is 0 Å². The first-order valence-corrected chi connectivity index (χ1v) is 4.48. The first kappa shape index (κ1) is 11.4. The lowest BCUT2D eigenvalue weighted by atomic mass is 10.2. The third-order valence-corrected chi connectivity index (χ3v) is 1.94. The number of carbonyl (C=O) groups is 1. The summed E-state index contributed by atoms with van der Waals surface area (Å²) in [5.41, 5.74) is 0.935. The first-order valence-electron chi connectivity index (χ1n) is 4.48. The van der Waals surface area contributed by atoms with E-state index < -0.39 is 0 Å². The zero-order chi connectivity index (χ0) is 11.3. The third-order valence-electron chi connectivity index (χ3n) is 1.94. The Morgan fingerprint density at radius 3 is 2.53 bits per heavy atom. The summed E-state index contributed by atoms with van der Waals surface area (Å²) in [6.07, 6.45) is 0. The maximum absolute atomic E-state index is 10.6. The van der Waals surface area contributed by atoms with E-state index in [1.54, 1.807) is 20.3 Å². The summed E-state index contributed by atoms with van der Waals surface area (Å²) in [6, 6.07) is 5.47. The molecule has 0 aliphatic carbocycles. The quantitative estimate of drug-likeness (QED) is 0.807. The van der Waals surface area contributed by atoms with Crippen LogP contribution in [0.25, 0.3) is 0 Å². The van der Waals surface area contributed by atoms with Crippen molar-refractivity contribution in [3.05, 3.63) is 30.7 Å². The van der Waals surface area contributed by atoms with Crippen LogP contribution < -0.4 is 14.8 Å². The molecular weight excluding hydrogens is 194 g/mol. The molecule has 0 saturated carbocycles. The highest BCUT2D eigenvalue weighted by Gasteiger charge is 2.04. The molecule has 1 N–H and O–H groups in total. The summed E-state index contributed by atoms with van der Waals surface area (Å²) >= 11 is 0. The number of ether oxygens (including phenoxy) is 2. The second-order valence-corrected chi connectivity index (χ2v) is 2.97. The maximum Gasteiger partial charge on any atom is 0.220 e. The van der Waals surface area contributed by atoms with E-state index in [9.17, 15) is 4.79 Å². The SMILES string of the molecule is [CH2]C(=O)NCc1ccc(OC)c(OC)c1. The number of benzene rings is 1. The molecule has 4 heteroatoms. The smallest absolute Gasteiger partial charge is 0.220 e. The second-order valence-electron chi connectivity index (χ2n) is 2.97. The van der Waals surface area contributed by atoms with Crippen molar-refractivity contribution in [3.8, 4) is 11.5 Å². The molecule has 1 radical (unpaired) electrons. The highest BCUT2D eigenvalue weighted by Crippen LogP contribution is 2.27. The van der Waals surface area contributed by atoms with Gasteiger partial charge in [0.05, 0.1) is 14.2 Å². The van der Waals surface area contributed by atoms with E-state index in [4.69, 9.17) is 9.47 Å². The largest absolute Gasteiger partial charge is 0.493 e. The lowest BCUT2D eigenvalue weighted by Crippen LogP contribution is -2.19. The van der Waals surface area contributed by atoms with Gasteiger partial charge in [0.25, 0.3) is 0 Å². The van der Waals surface area contributed by atoms with Gasteiger partial charge in [-0.3, -0.25) is 4.79 Å². The Bertz CT molecular complexity index is 350. The van der Waals surface area contributed by atoms with Crippen LogP contribution in [-0.4, -0.2) is 20.1 Å². The summed E-state index contributed by atoms with van der Waals surface area (Å²) < 4.78 is 10.2. The monoisotopic (exact) mass is 208 g/mol. The minimum absolute atomic E-state index is 0.301. The number of carbonyl (C=O) groups excluding carboxylic acids is 1. The molecule has 0 aromatic heterocycles. The summed E-state index contributed by atoms with van der Waals surface area (Å²) in [5, 5.41) is 2.60. The van der Waals surface area contributed by atoms with E-state index in [0.717, 1.165) is 5.56 Å². The van der Waals surface area contributed by atoms with Crippen molar-refractivity contribution >= 4 is 5.91 Å². The molecule has 15 heavy (non-hydrogen) atoms. The van der Waals surface area contributed by atoms with E-state index in [0.29, 0.717) is 18.0 Å². The zero-order valence-corrected chi connectivity index (χ0v) is 8.87. The van der Waals surface area contributed by atoms with Crippen molar-refractivity contribution in [2.24, 2.45) is 0 Å². The van der Waals surface area contributed by atoms with Crippen molar-refractivity contribution in [2.75, 3.05) is 14.2 Å². The van der Waals surface area contributed by atoms with Gasteiger partial charge in [0, 0.05) is 13.5 Å². The fourth-order valence-electron chi connectivity index (χ4n) is 1.19. The predicted octanol–water partition coefficient (Wildman–Crippen LogP) is 1.15. The van der Waals surface area contributed by atoms with Gasteiger partial charge in [0.2, 0.25) is 5.91 Å². The molecule has 0 fully saturated rings. The molecule has 0 aliphatic heterocycles. The van der Waals surface area contributed by atoms with E-state index in [1.165, 1.54) is 0 Å². The van der Waals surface area contributed by atoms with Crippen LogP contribution in [0.3, 0.4) is 0 Å². The van der Waals surface area contributed by atoms with Gasteiger partial charge < -0.3 is 14.8 Å². The molecular formula is C11H14NO3. The number of hydrogen-bond donors (Lipinski definition) is 1. The average Bonchev–Trinajstić information content (AvgIpc) is 2.25. The van der Waals surface area contributed by atoms with Gasteiger partial charge in [-0.1, -0.05) is 6.07 Å². The number of rotatable bonds is 4. The number of nitrogens with one attached hydrogen (secondary N) is 1. The van der Waals surface area contributed by atoms with E-state index >= 15 is 0 Å². The van der Waals surface area contributed by atoms with Crippen LogP contribution in [-0.2, 0) is 11.3 Å². The average molecular weight is 208 g/mol. The molecule has 0 aliphatic rings.